The maximum absolute atomic E-state index is 13.7. The van der Waals surface area contributed by atoms with Crippen molar-refractivity contribution in [3.8, 4) is 16.9 Å². The molecule has 2 fully saturated rings. The minimum atomic E-state index is -5.08. The number of primary sulfonamides is 1. The highest BCUT2D eigenvalue weighted by Gasteiger charge is 2.38. The number of piperidine rings is 2. The number of methoxy groups -OCH3 is 1. The van der Waals surface area contributed by atoms with Crippen LogP contribution in [-0.4, -0.2) is 80.6 Å². The number of carboxylic acid groups (broad SMARTS) is 1. The average Bonchev–Trinajstić information content (AvgIpc) is 3.26. The zero-order valence-corrected chi connectivity index (χ0v) is 35.0. The highest BCUT2D eigenvalue weighted by molar-refractivity contribution is 7.89. The molecule has 0 atom stereocenters. The van der Waals surface area contributed by atoms with Crippen molar-refractivity contribution in [2.75, 3.05) is 33.3 Å². The van der Waals surface area contributed by atoms with Crippen molar-refractivity contribution >= 4 is 33.9 Å². The molecule has 2 aliphatic rings. The van der Waals surface area contributed by atoms with Crippen molar-refractivity contribution in [1.29, 1.82) is 0 Å². The van der Waals surface area contributed by atoms with Gasteiger partial charge in [-0.3, -0.25) is 9.59 Å². The Morgan fingerprint density at radius 3 is 2.00 bits per heavy atom. The molecule has 11 nitrogen and oxygen atoms in total. The second-order valence-corrected chi connectivity index (χ2v) is 17.0. The first-order valence-corrected chi connectivity index (χ1v) is 21.9. The van der Waals surface area contributed by atoms with Gasteiger partial charge in [-0.2, -0.15) is 13.2 Å². The van der Waals surface area contributed by atoms with Crippen molar-refractivity contribution < 1.29 is 45.8 Å². The normalized spacial score (nSPS) is 15.2. The van der Waals surface area contributed by atoms with Gasteiger partial charge in [-0.15, -0.1) is 0 Å². The van der Waals surface area contributed by atoms with Crippen LogP contribution >= 0.6 is 0 Å². The molecular formula is C46H53F3N4O7S. The first kappa shape index (κ1) is 46.6. The number of rotatable bonds is 14. The van der Waals surface area contributed by atoms with Crippen molar-refractivity contribution in [2.45, 2.75) is 69.1 Å². The second-order valence-electron chi connectivity index (χ2n) is 15.4. The fourth-order valence-electron chi connectivity index (χ4n) is 7.58. The number of alkyl halides is 3. The van der Waals surface area contributed by atoms with E-state index in [0.717, 1.165) is 78.5 Å². The molecule has 326 valence electrons. The molecule has 4 aromatic carbocycles. The van der Waals surface area contributed by atoms with E-state index in [4.69, 9.17) is 19.8 Å². The Bertz CT molecular complexity index is 2220. The predicted molar refractivity (Wildman–Crippen MR) is 228 cm³/mol. The van der Waals surface area contributed by atoms with Crippen LogP contribution in [0.15, 0.2) is 108 Å². The number of hydrogen-bond acceptors (Lipinski definition) is 7. The molecule has 0 spiro atoms. The molecule has 2 saturated heterocycles. The number of nitrogens with one attached hydrogen (secondary N) is 1. The summed E-state index contributed by atoms with van der Waals surface area (Å²) in [6.07, 6.45) is 6.87. The molecule has 0 radical (unpaired) electrons. The van der Waals surface area contributed by atoms with Crippen LogP contribution < -0.4 is 15.2 Å². The van der Waals surface area contributed by atoms with Crippen molar-refractivity contribution in [3.63, 3.8) is 0 Å². The van der Waals surface area contributed by atoms with Gasteiger partial charge >= 0.3 is 12.1 Å². The number of hydrogen-bond donors (Lipinski definition) is 3. The number of nitrogens with zero attached hydrogens (tertiary/aromatic N) is 2. The Morgan fingerprint density at radius 2 is 1.41 bits per heavy atom. The number of halogens is 3. The van der Waals surface area contributed by atoms with Gasteiger partial charge in [0.05, 0.1) is 12.0 Å². The van der Waals surface area contributed by atoms with E-state index in [-0.39, 0.29) is 23.3 Å². The molecule has 61 heavy (non-hydrogen) atoms. The summed E-state index contributed by atoms with van der Waals surface area (Å²) in [6, 6.07) is 29.5. The number of amides is 2. The summed E-state index contributed by atoms with van der Waals surface area (Å²) >= 11 is 0. The number of carbonyl (C=O) groups excluding carboxylic acids is 2. The van der Waals surface area contributed by atoms with Gasteiger partial charge in [0.2, 0.25) is 15.9 Å². The van der Waals surface area contributed by atoms with E-state index in [1.165, 1.54) is 50.3 Å². The quantitative estimate of drug-likeness (QED) is 0.108. The van der Waals surface area contributed by atoms with Gasteiger partial charge in [0.15, 0.2) is 0 Å². The monoisotopic (exact) mass is 862 g/mol. The van der Waals surface area contributed by atoms with Gasteiger partial charge in [0.25, 0.3) is 5.91 Å². The van der Waals surface area contributed by atoms with E-state index in [0.29, 0.717) is 18.0 Å². The van der Waals surface area contributed by atoms with Crippen LogP contribution in [0.1, 0.15) is 72.0 Å². The molecule has 4 aromatic rings. The average molecular weight is 863 g/mol. The first-order valence-electron chi connectivity index (χ1n) is 20.3. The molecule has 0 unspecified atom stereocenters. The van der Waals surface area contributed by atoms with Gasteiger partial charge in [0, 0.05) is 37.8 Å². The predicted octanol–water partition coefficient (Wildman–Crippen LogP) is 7.91. The summed E-state index contributed by atoms with van der Waals surface area (Å²) < 4.78 is 60.6. The zero-order valence-electron chi connectivity index (χ0n) is 34.2. The fraction of sp³-hybridized carbons (Fsp3) is 0.370. The van der Waals surface area contributed by atoms with Gasteiger partial charge in [-0.25, -0.2) is 18.4 Å². The smallest absolute Gasteiger partial charge is 0.490 e. The first-order chi connectivity index (χ1) is 29.1. The molecule has 2 heterocycles. The Balaban J connectivity index is 0.000000925. The number of benzene rings is 4. The van der Waals surface area contributed by atoms with Crippen LogP contribution in [0.5, 0.6) is 5.75 Å². The topological polar surface area (TPSA) is 159 Å². The lowest BCUT2D eigenvalue weighted by molar-refractivity contribution is -0.192. The Kier molecular flexibility index (Phi) is 16.7. The van der Waals surface area contributed by atoms with E-state index in [1.807, 2.05) is 71.6 Å². The van der Waals surface area contributed by atoms with Crippen LogP contribution in [-0.2, 0) is 32.7 Å². The Labute approximate surface area is 355 Å². The van der Waals surface area contributed by atoms with Crippen molar-refractivity contribution in [1.82, 2.24) is 15.1 Å². The van der Waals surface area contributed by atoms with Crippen LogP contribution in [0.4, 0.5) is 13.2 Å². The molecule has 2 amide bonds. The van der Waals surface area contributed by atoms with Crippen LogP contribution in [0, 0.1) is 11.8 Å². The third kappa shape index (κ3) is 14.6. The SMILES string of the molecule is COc1ccc(/C=C/C(=O)N(Cc2ccc(S(N)(=O)=O)cc2)Cc2cccc(-c3cccc(C(=O)N4CCC(CCCC5CCNCC5)CC4)c3)c2)cc1.O=C(O)C(F)(F)F. The second kappa shape index (κ2) is 21.8. The molecule has 0 bridgehead atoms. The number of ether oxygens (including phenoxy) is 1. The maximum atomic E-state index is 13.7. The number of carbonyl (C=O) groups is 3. The molecule has 0 aliphatic carbocycles. The van der Waals surface area contributed by atoms with Gasteiger partial charge in [-0.1, -0.05) is 73.9 Å². The number of carboxylic acids is 1. The summed E-state index contributed by atoms with van der Waals surface area (Å²) in [5, 5.41) is 15.9. The summed E-state index contributed by atoms with van der Waals surface area (Å²) in [5.74, 6) is -0.575. The van der Waals surface area contributed by atoms with Crippen LogP contribution in [0.2, 0.25) is 0 Å². The largest absolute Gasteiger partial charge is 0.497 e. The summed E-state index contributed by atoms with van der Waals surface area (Å²) in [4.78, 5) is 40.0. The van der Waals surface area contributed by atoms with Crippen LogP contribution in [0.3, 0.4) is 0 Å². The molecule has 0 aromatic heterocycles. The fourth-order valence-corrected chi connectivity index (χ4v) is 8.09. The van der Waals surface area contributed by atoms with Gasteiger partial charge < -0.3 is 25.0 Å². The van der Waals surface area contributed by atoms with E-state index < -0.39 is 22.2 Å². The zero-order chi connectivity index (χ0) is 44.0. The lowest BCUT2D eigenvalue weighted by Gasteiger charge is -2.32. The highest BCUT2D eigenvalue weighted by Crippen LogP contribution is 2.28. The van der Waals surface area contributed by atoms with E-state index in [1.54, 1.807) is 30.2 Å². The number of sulfonamides is 1. The maximum Gasteiger partial charge on any atom is 0.490 e. The lowest BCUT2D eigenvalue weighted by Crippen LogP contribution is -2.38. The van der Waals surface area contributed by atoms with Crippen molar-refractivity contribution in [3.05, 3.63) is 125 Å². The number of likely N-dealkylation sites (tertiary alicyclic amines) is 1. The molecule has 0 saturated carbocycles. The molecule has 15 heteroatoms. The molecule has 2 aliphatic heterocycles. The van der Waals surface area contributed by atoms with E-state index >= 15 is 0 Å². The Morgan fingerprint density at radius 1 is 0.836 bits per heavy atom. The standard InChI is InChI=1S/C44H52N4O5S.C2HF3O2/c1-53-41-16-11-35(12-17-41)15-20-43(49)48(31-36-13-18-42(19-14-36)54(45,51)52)32-37-7-3-8-38(29-37)39-9-4-10-40(30-39)44(50)47-27-23-34(24-28-47)6-2-5-33-21-25-46-26-22-33;3-2(4,5)1(6)7/h3-4,7-20,29-30,33-34,46H,2,5-6,21-28,31-32H2,1H3,(H2,45,51,52);(H,6,7)/b20-15+;. The van der Waals surface area contributed by atoms with Gasteiger partial charge in [-0.05, 0) is 127 Å². The molecular weight excluding hydrogens is 810 g/mol. The van der Waals surface area contributed by atoms with Crippen molar-refractivity contribution in [2.24, 2.45) is 17.0 Å². The third-order valence-electron chi connectivity index (χ3n) is 11.0. The summed E-state index contributed by atoms with van der Waals surface area (Å²) in [6.45, 7) is 4.48. The van der Waals surface area contributed by atoms with Crippen LogP contribution in [0.25, 0.3) is 17.2 Å². The molecule has 4 N–H and O–H groups in total. The minimum absolute atomic E-state index is 0.0137. The lowest BCUT2D eigenvalue weighted by atomic mass is 9.87. The highest BCUT2D eigenvalue weighted by atomic mass is 32.2. The van der Waals surface area contributed by atoms with E-state index in [9.17, 15) is 31.2 Å². The molecule has 6 rings (SSSR count). The minimum Gasteiger partial charge on any atom is -0.497 e. The summed E-state index contributed by atoms with van der Waals surface area (Å²) in [7, 11) is -2.23. The number of nitrogens with two attached hydrogens (primary N) is 1. The van der Waals surface area contributed by atoms with E-state index in [2.05, 4.69) is 11.4 Å². The van der Waals surface area contributed by atoms with Gasteiger partial charge in [0.1, 0.15) is 5.75 Å². The Hall–Kier alpha value is -5.51. The number of aliphatic carboxylic acids is 1. The summed E-state index contributed by atoms with van der Waals surface area (Å²) in [5.41, 5.74) is 5.10. The third-order valence-corrected chi connectivity index (χ3v) is 12.0.